The van der Waals surface area contributed by atoms with Crippen LogP contribution in [0.2, 0.25) is 0 Å². The Morgan fingerprint density at radius 3 is 2.67 bits per heavy atom. The van der Waals surface area contributed by atoms with Crippen molar-refractivity contribution < 1.29 is 29.2 Å². The Bertz CT molecular complexity index is 305. The van der Waals surface area contributed by atoms with Crippen LogP contribution in [0.3, 0.4) is 0 Å². The summed E-state index contributed by atoms with van der Waals surface area (Å²) in [5.41, 5.74) is 0. The summed E-state index contributed by atoms with van der Waals surface area (Å²) < 4.78 is 22.4. The molecule has 0 radical (unpaired) electrons. The Labute approximate surface area is 106 Å². The molecule has 0 aliphatic carbocycles. The average molecular weight is 260 g/mol. The fourth-order valence-corrected chi connectivity index (χ4v) is 2.30. The van der Waals surface area contributed by atoms with Gasteiger partial charge in [-0.3, -0.25) is 0 Å². The van der Waals surface area contributed by atoms with Crippen LogP contribution in [0.25, 0.3) is 0 Å². The van der Waals surface area contributed by atoms with Crippen LogP contribution in [0.15, 0.2) is 12.7 Å². The summed E-state index contributed by atoms with van der Waals surface area (Å²) in [7, 11) is 0. The van der Waals surface area contributed by atoms with Gasteiger partial charge in [-0.1, -0.05) is 6.08 Å². The highest BCUT2D eigenvalue weighted by Gasteiger charge is 2.57. The smallest absolute Gasteiger partial charge is 0.187 e. The highest BCUT2D eigenvalue weighted by Crippen LogP contribution is 2.39. The molecule has 0 aromatic rings. The number of aliphatic hydroxyl groups excluding tert-OH is 2. The van der Waals surface area contributed by atoms with Crippen molar-refractivity contribution in [2.24, 2.45) is 0 Å². The molecule has 0 aromatic heterocycles. The molecule has 2 N–H and O–H groups in total. The van der Waals surface area contributed by atoms with Crippen LogP contribution in [0.5, 0.6) is 0 Å². The van der Waals surface area contributed by atoms with E-state index in [4.69, 9.17) is 24.1 Å². The van der Waals surface area contributed by atoms with Crippen LogP contribution in [0.4, 0.5) is 0 Å². The number of hydrogen-bond donors (Lipinski definition) is 2. The summed E-state index contributed by atoms with van der Waals surface area (Å²) >= 11 is 0. The molecule has 1 unspecified atom stereocenters. The molecule has 2 aliphatic rings. The fraction of sp³-hybridized carbons (Fsp3) is 0.833. The van der Waals surface area contributed by atoms with E-state index in [9.17, 15) is 5.11 Å². The Kier molecular flexibility index (Phi) is 4.05. The lowest BCUT2D eigenvalue weighted by Crippen LogP contribution is -2.40. The Morgan fingerprint density at radius 1 is 1.39 bits per heavy atom. The van der Waals surface area contributed by atoms with Gasteiger partial charge in [-0.25, -0.2) is 0 Å². The third kappa shape index (κ3) is 2.59. The minimum absolute atomic E-state index is 0.319. The number of fused-ring (bicyclic) bond motifs is 1. The van der Waals surface area contributed by atoms with Gasteiger partial charge in [-0.2, -0.15) is 0 Å². The third-order valence-electron chi connectivity index (χ3n) is 2.99. The summed E-state index contributed by atoms with van der Waals surface area (Å²) in [4.78, 5) is 0. The second kappa shape index (κ2) is 5.24. The first-order chi connectivity index (χ1) is 8.48. The van der Waals surface area contributed by atoms with Gasteiger partial charge in [0.05, 0.1) is 13.2 Å². The zero-order valence-corrected chi connectivity index (χ0v) is 10.6. The van der Waals surface area contributed by atoms with E-state index in [1.807, 2.05) is 0 Å². The van der Waals surface area contributed by atoms with E-state index in [0.29, 0.717) is 6.61 Å². The highest BCUT2D eigenvalue weighted by molar-refractivity contribution is 4.98. The molecule has 18 heavy (non-hydrogen) atoms. The number of aliphatic hydroxyl groups is 2. The van der Waals surface area contributed by atoms with Gasteiger partial charge >= 0.3 is 0 Å². The molecule has 0 saturated carbocycles. The van der Waals surface area contributed by atoms with Crippen molar-refractivity contribution in [2.75, 3.05) is 13.2 Å². The largest absolute Gasteiger partial charge is 0.394 e. The molecule has 2 aliphatic heterocycles. The van der Waals surface area contributed by atoms with Crippen molar-refractivity contribution in [2.45, 2.75) is 50.3 Å². The monoisotopic (exact) mass is 260 g/mol. The molecule has 6 heteroatoms. The Balaban J connectivity index is 2.09. The van der Waals surface area contributed by atoms with Crippen molar-refractivity contribution in [1.82, 2.24) is 0 Å². The normalized spacial score (nSPS) is 39.6. The predicted molar refractivity (Wildman–Crippen MR) is 61.7 cm³/mol. The summed E-state index contributed by atoms with van der Waals surface area (Å²) in [5, 5.41) is 18.8. The lowest BCUT2D eigenvalue weighted by molar-refractivity contribution is -0.242. The first-order valence-electron chi connectivity index (χ1n) is 6.01. The molecule has 2 saturated heterocycles. The summed E-state index contributed by atoms with van der Waals surface area (Å²) in [5.74, 6) is -0.748. The van der Waals surface area contributed by atoms with Crippen LogP contribution in [-0.4, -0.2) is 59.9 Å². The van der Waals surface area contributed by atoms with Gasteiger partial charge in [0.25, 0.3) is 0 Å². The molecule has 104 valence electrons. The standard InChI is InChI=1S/C12H20O6/c1-4-5-15-11-10-9(17-12(2,3)18-10)8(16-11)7(14)6-13/h4,7-11,13-14H,1,5-6H2,2-3H3/t7-,8-,9+,10+,11?/m1/s1. The zero-order valence-electron chi connectivity index (χ0n) is 10.6. The van der Waals surface area contributed by atoms with E-state index in [1.165, 1.54) is 0 Å². The van der Waals surface area contributed by atoms with Gasteiger partial charge in [0.1, 0.15) is 24.4 Å². The van der Waals surface area contributed by atoms with E-state index < -0.39 is 43.1 Å². The minimum Gasteiger partial charge on any atom is -0.394 e. The number of hydrogen-bond acceptors (Lipinski definition) is 6. The van der Waals surface area contributed by atoms with E-state index in [0.717, 1.165) is 0 Å². The molecule has 0 aromatic carbocycles. The van der Waals surface area contributed by atoms with Crippen molar-refractivity contribution in [3.8, 4) is 0 Å². The summed E-state index contributed by atoms with van der Waals surface area (Å²) in [6, 6.07) is 0. The molecule has 6 nitrogen and oxygen atoms in total. The van der Waals surface area contributed by atoms with Gasteiger partial charge in [-0.05, 0) is 13.8 Å². The lowest BCUT2D eigenvalue weighted by atomic mass is 10.1. The molecule has 2 fully saturated rings. The topological polar surface area (TPSA) is 77.4 Å². The molecule has 0 bridgehead atoms. The molecule has 0 spiro atoms. The van der Waals surface area contributed by atoms with Crippen molar-refractivity contribution in [3.05, 3.63) is 12.7 Å². The van der Waals surface area contributed by atoms with Gasteiger partial charge < -0.3 is 29.2 Å². The minimum atomic E-state index is -1.02. The molecule has 5 atom stereocenters. The Morgan fingerprint density at radius 2 is 2.06 bits per heavy atom. The molecule has 2 heterocycles. The van der Waals surface area contributed by atoms with Crippen LogP contribution >= 0.6 is 0 Å². The van der Waals surface area contributed by atoms with Gasteiger partial charge in [0.15, 0.2) is 12.1 Å². The van der Waals surface area contributed by atoms with Crippen LogP contribution in [-0.2, 0) is 18.9 Å². The number of ether oxygens (including phenoxy) is 4. The van der Waals surface area contributed by atoms with E-state index >= 15 is 0 Å². The van der Waals surface area contributed by atoms with E-state index in [-0.39, 0.29) is 0 Å². The zero-order chi connectivity index (χ0) is 13.3. The quantitative estimate of drug-likeness (QED) is 0.666. The first-order valence-corrected chi connectivity index (χ1v) is 6.01. The molecule has 0 amide bonds. The maximum absolute atomic E-state index is 9.73. The van der Waals surface area contributed by atoms with Gasteiger partial charge in [-0.15, -0.1) is 6.58 Å². The predicted octanol–water partition coefficient (Wildman–Crippen LogP) is -0.213. The number of rotatable bonds is 5. The third-order valence-corrected chi connectivity index (χ3v) is 2.99. The highest BCUT2D eigenvalue weighted by atomic mass is 16.8. The van der Waals surface area contributed by atoms with Crippen molar-refractivity contribution in [3.63, 3.8) is 0 Å². The second-order valence-electron chi connectivity index (χ2n) is 4.91. The van der Waals surface area contributed by atoms with Crippen LogP contribution < -0.4 is 0 Å². The van der Waals surface area contributed by atoms with E-state index in [1.54, 1.807) is 19.9 Å². The second-order valence-corrected chi connectivity index (χ2v) is 4.91. The fourth-order valence-electron chi connectivity index (χ4n) is 2.30. The SMILES string of the molecule is C=CCOC1O[C@H]([C@H](O)CO)[C@@H]2OC(C)(C)O[C@H]12. The summed E-state index contributed by atoms with van der Waals surface area (Å²) in [6.07, 6.45) is -1.55. The maximum atomic E-state index is 9.73. The first kappa shape index (κ1) is 13.9. The van der Waals surface area contributed by atoms with Gasteiger partial charge in [0.2, 0.25) is 0 Å². The molecule has 2 rings (SSSR count). The van der Waals surface area contributed by atoms with Gasteiger partial charge in [0, 0.05) is 0 Å². The molecular formula is C12H20O6. The molecular weight excluding hydrogens is 240 g/mol. The maximum Gasteiger partial charge on any atom is 0.187 e. The Hall–Kier alpha value is -0.500. The van der Waals surface area contributed by atoms with Crippen molar-refractivity contribution in [1.29, 1.82) is 0 Å². The average Bonchev–Trinajstić information content (AvgIpc) is 2.79. The summed E-state index contributed by atoms with van der Waals surface area (Å²) in [6.45, 7) is 7.07. The van der Waals surface area contributed by atoms with Crippen LogP contribution in [0.1, 0.15) is 13.8 Å². The van der Waals surface area contributed by atoms with Crippen molar-refractivity contribution >= 4 is 0 Å². The van der Waals surface area contributed by atoms with Crippen LogP contribution in [0, 0.1) is 0 Å². The van der Waals surface area contributed by atoms with E-state index in [2.05, 4.69) is 6.58 Å². The lowest BCUT2D eigenvalue weighted by Gasteiger charge is -2.25.